The van der Waals surface area contributed by atoms with E-state index in [1.165, 1.54) is 9.99 Å². The molecule has 11 heavy (non-hydrogen) atoms. The number of rotatable bonds is 1. The summed E-state index contributed by atoms with van der Waals surface area (Å²) in [5.41, 5.74) is 1.54. The molecule has 1 aliphatic heterocycles. The van der Waals surface area contributed by atoms with Crippen molar-refractivity contribution in [3.05, 3.63) is 33.4 Å². The second-order valence-corrected chi connectivity index (χ2v) is 5.90. The van der Waals surface area contributed by atoms with Crippen LogP contribution in [0.4, 0.5) is 0 Å². The Kier molecular flexibility index (Phi) is 2.68. The van der Waals surface area contributed by atoms with Gasteiger partial charge in [-0.15, -0.1) is 0 Å². The second kappa shape index (κ2) is 3.57. The first-order chi connectivity index (χ1) is 5.42. The Morgan fingerprint density at radius 2 is 2.27 bits per heavy atom. The number of hydrogen-bond acceptors (Lipinski definition) is 1. The molecular weight excluding hydrogens is 364 g/mol. The standard InChI is InChI=1S/C8H8I2N/c9-11-8-5-10-7-4-2-1-3-6(7)8/h1-4,8,11H,5H2/q-1/t8-/m1/s1. The van der Waals surface area contributed by atoms with Crippen LogP contribution in [-0.2, 0) is 0 Å². The molecule has 0 aromatic heterocycles. The molecule has 2 rings (SSSR count). The molecule has 1 nitrogen and oxygen atoms in total. The van der Waals surface area contributed by atoms with E-state index in [9.17, 15) is 0 Å². The van der Waals surface area contributed by atoms with Gasteiger partial charge in [-0.2, -0.15) is 0 Å². The van der Waals surface area contributed by atoms with Crippen LogP contribution in [-0.4, -0.2) is 4.43 Å². The van der Waals surface area contributed by atoms with E-state index in [0.717, 1.165) is 0 Å². The van der Waals surface area contributed by atoms with E-state index in [0.29, 0.717) is 27.2 Å². The average molecular weight is 372 g/mol. The molecule has 1 aromatic carbocycles. The van der Waals surface area contributed by atoms with Gasteiger partial charge in [-0.25, -0.2) is 0 Å². The summed E-state index contributed by atoms with van der Waals surface area (Å²) < 4.78 is 6.31. The van der Waals surface area contributed by atoms with Crippen molar-refractivity contribution in [1.82, 2.24) is 3.53 Å². The van der Waals surface area contributed by atoms with E-state index in [-0.39, 0.29) is 0 Å². The van der Waals surface area contributed by atoms with Gasteiger partial charge in [0.1, 0.15) is 0 Å². The topological polar surface area (TPSA) is 12.0 Å². The Morgan fingerprint density at radius 3 is 3.09 bits per heavy atom. The van der Waals surface area contributed by atoms with E-state index in [1.807, 2.05) is 0 Å². The first kappa shape index (κ1) is 8.25. The average Bonchev–Trinajstić information content (AvgIpc) is 2.47. The van der Waals surface area contributed by atoms with E-state index < -0.39 is 0 Å². The van der Waals surface area contributed by atoms with Crippen LogP contribution >= 0.6 is 22.9 Å². The van der Waals surface area contributed by atoms with E-state index in [2.05, 4.69) is 50.7 Å². The van der Waals surface area contributed by atoms with Gasteiger partial charge in [0.25, 0.3) is 0 Å². The van der Waals surface area contributed by atoms with Gasteiger partial charge in [-0.05, 0) is 0 Å². The Bertz CT molecular complexity index is 262. The summed E-state index contributed by atoms with van der Waals surface area (Å²) in [6.45, 7) is 0. The fraction of sp³-hybridized carbons (Fsp3) is 0.250. The molecule has 0 saturated heterocycles. The monoisotopic (exact) mass is 372 g/mol. The molecule has 0 bridgehead atoms. The first-order valence-electron chi connectivity index (χ1n) is 3.46. The van der Waals surface area contributed by atoms with E-state index in [4.69, 9.17) is 0 Å². The molecule has 0 spiro atoms. The molecule has 0 radical (unpaired) electrons. The van der Waals surface area contributed by atoms with Gasteiger partial charge in [0, 0.05) is 0 Å². The molecule has 0 fully saturated rings. The minimum atomic E-state index is 0.309. The van der Waals surface area contributed by atoms with Crippen LogP contribution in [0, 0.1) is 3.57 Å². The zero-order valence-corrected chi connectivity index (χ0v) is 10.2. The van der Waals surface area contributed by atoms with Gasteiger partial charge < -0.3 is 0 Å². The molecule has 1 N–H and O–H groups in total. The third-order valence-corrected chi connectivity index (χ3v) is 5.66. The van der Waals surface area contributed by atoms with Crippen LogP contribution in [0.25, 0.3) is 0 Å². The molecule has 1 atom stereocenters. The molecule has 1 aliphatic rings. The minimum absolute atomic E-state index is 0.309. The maximum atomic E-state index is 3.32. The molecular formula is C8H8I2N-. The van der Waals surface area contributed by atoms with E-state index in [1.54, 1.807) is 3.57 Å². The number of fused-ring (bicyclic) bond motifs is 1. The van der Waals surface area contributed by atoms with Crippen molar-refractivity contribution in [2.75, 3.05) is 4.43 Å². The number of benzene rings is 1. The molecule has 0 amide bonds. The van der Waals surface area contributed by atoms with Crippen LogP contribution in [0.1, 0.15) is 11.6 Å². The molecule has 1 heterocycles. The Labute approximate surface area is 90.7 Å². The molecule has 60 valence electrons. The quantitative estimate of drug-likeness (QED) is 0.377. The van der Waals surface area contributed by atoms with Gasteiger partial charge in [-0.3, -0.25) is 0 Å². The molecule has 1 aromatic rings. The van der Waals surface area contributed by atoms with Crippen molar-refractivity contribution < 1.29 is 21.2 Å². The third kappa shape index (κ3) is 1.55. The summed E-state index contributed by atoms with van der Waals surface area (Å²) >= 11 is 2.56. The van der Waals surface area contributed by atoms with Crippen LogP contribution in [0.5, 0.6) is 0 Å². The van der Waals surface area contributed by atoms with Crippen LogP contribution < -0.4 is 24.7 Å². The summed E-state index contributed by atoms with van der Waals surface area (Å²) in [7, 11) is 0. The number of halogens is 2. The van der Waals surface area contributed by atoms with Gasteiger partial charge in [0.2, 0.25) is 0 Å². The molecule has 0 saturated carbocycles. The van der Waals surface area contributed by atoms with Crippen molar-refractivity contribution in [2.45, 2.75) is 6.04 Å². The summed E-state index contributed by atoms with van der Waals surface area (Å²) in [4.78, 5) is 0. The predicted molar refractivity (Wildman–Crippen MR) is 49.9 cm³/mol. The summed E-state index contributed by atoms with van der Waals surface area (Å²) in [5, 5.41) is 0. The zero-order chi connectivity index (χ0) is 7.68. The van der Waals surface area contributed by atoms with Crippen molar-refractivity contribution >= 4 is 22.9 Å². The van der Waals surface area contributed by atoms with Crippen molar-refractivity contribution in [3.63, 3.8) is 0 Å². The predicted octanol–water partition coefficient (Wildman–Crippen LogP) is -1.06. The van der Waals surface area contributed by atoms with Gasteiger partial charge in [0.05, 0.1) is 0 Å². The fourth-order valence-corrected chi connectivity index (χ4v) is 5.68. The van der Waals surface area contributed by atoms with Gasteiger partial charge in [-0.1, -0.05) is 0 Å². The zero-order valence-electron chi connectivity index (χ0n) is 5.85. The van der Waals surface area contributed by atoms with Crippen LogP contribution in [0.3, 0.4) is 0 Å². The van der Waals surface area contributed by atoms with Gasteiger partial charge in [0.15, 0.2) is 0 Å². The normalized spacial score (nSPS) is 22.5. The molecule has 0 unspecified atom stereocenters. The summed E-state index contributed by atoms with van der Waals surface area (Å²) in [6, 6.07) is 9.44. The summed E-state index contributed by atoms with van der Waals surface area (Å²) in [5.74, 6) is 0. The van der Waals surface area contributed by atoms with Gasteiger partial charge >= 0.3 is 91.5 Å². The fourth-order valence-electron chi connectivity index (χ4n) is 1.21. The Hall–Kier alpha value is 0.640. The first-order valence-corrected chi connectivity index (χ1v) is 7.14. The number of nitrogens with one attached hydrogen (secondary N) is 1. The summed E-state index contributed by atoms with van der Waals surface area (Å²) in [6.07, 6.45) is 0. The third-order valence-electron chi connectivity index (χ3n) is 1.79. The Balaban J connectivity index is 2.39. The van der Waals surface area contributed by atoms with Crippen molar-refractivity contribution in [3.8, 4) is 0 Å². The van der Waals surface area contributed by atoms with Crippen LogP contribution in [0.2, 0.25) is 0 Å². The molecule has 0 aliphatic carbocycles. The maximum absolute atomic E-state index is 3.32. The number of alkyl halides is 1. The van der Waals surface area contributed by atoms with Crippen molar-refractivity contribution in [1.29, 1.82) is 0 Å². The number of hydrogen-bond donors (Lipinski definition) is 1. The Morgan fingerprint density at radius 1 is 1.45 bits per heavy atom. The van der Waals surface area contributed by atoms with Crippen LogP contribution in [0.15, 0.2) is 24.3 Å². The van der Waals surface area contributed by atoms with Crippen molar-refractivity contribution in [2.24, 2.45) is 0 Å². The SMILES string of the molecule is IN[C@@H]1C[I-]c2ccccc21. The second-order valence-electron chi connectivity index (χ2n) is 2.47. The van der Waals surface area contributed by atoms with E-state index >= 15 is 0 Å². The molecule has 3 heteroatoms.